The molecule has 1 unspecified atom stereocenters. The number of rotatable bonds is 4. The van der Waals surface area contributed by atoms with Crippen molar-refractivity contribution in [2.45, 2.75) is 31.4 Å². The molecule has 1 aliphatic rings. The maximum Gasteiger partial charge on any atom is 0.339 e. The van der Waals surface area contributed by atoms with Gasteiger partial charge in [0.2, 0.25) is 0 Å². The van der Waals surface area contributed by atoms with E-state index in [0.717, 1.165) is 21.3 Å². The molecule has 31 heavy (non-hydrogen) atoms. The molecule has 0 saturated heterocycles. The average Bonchev–Trinajstić information content (AvgIpc) is 2.72. The maximum atomic E-state index is 12.7. The predicted octanol–water partition coefficient (Wildman–Crippen LogP) is 5.62. The smallest absolute Gasteiger partial charge is 0.339 e. The van der Waals surface area contributed by atoms with Crippen molar-refractivity contribution in [1.82, 2.24) is 0 Å². The summed E-state index contributed by atoms with van der Waals surface area (Å²) in [5.41, 5.74) is 4.18. The van der Waals surface area contributed by atoms with Gasteiger partial charge in [-0.25, -0.2) is 0 Å². The molecule has 0 saturated carbocycles. The fourth-order valence-corrected chi connectivity index (χ4v) is 4.99. The summed E-state index contributed by atoms with van der Waals surface area (Å²) in [6, 6.07) is 20.0. The van der Waals surface area contributed by atoms with Gasteiger partial charge in [0.05, 0.1) is 12.7 Å². The van der Waals surface area contributed by atoms with Gasteiger partial charge in [0.1, 0.15) is 10.6 Å². The van der Waals surface area contributed by atoms with E-state index < -0.39 is 10.1 Å². The minimum absolute atomic E-state index is 0.0274. The van der Waals surface area contributed by atoms with E-state index in [1.165, 1.54) is 5.56 Å². The molecular formula is C24H24BrNO4S. The van der Waals surface area contributed by atoms with Crippen molar-refractivity contribution >= 4 is 31.7 Å². The largest absolute Gasteiger partial charge is 0.379 e. The van der Waals surface area contributed by atoms with Crippen molar-refractivity contribution in [3.63, 3.8) is 0 Å². The minimum Gasteiger partial charge on any atom is -0.379 e. The van der Waals surface area contributed by atoms with Gasteiger partial charge in [-0.1, -0.05) is 45.8 Å². The third kappa shape index (κ3) is 5.11. The van der Waals surface area contributed by atoms with Crippen molar-refractivity contribution in [1.29, 1.82) is 0 Å². The van der Waals surface area contributed by atoms with Crippen molar-refractivity contribution < 1.29 is 17.3 Å². The Morgan fingerprint density at radius 1 is 1.06 bits per heavy atom. The van der Waals surface area contributed by atoms with Gasteiger partial charge >= 0.3 is 10.1 Å². The molecule has 0 fully saturated rings. The molecule has 0 aromatic heterocycles. The Bertz CT molecular complexity index is 1180. The summed E-state index contributed by atoms with van der Waals surface area (Å²) in [4.78, 5) is 2.30. The van der Waals surface area contributed by atoms with Crippen LogP contribution in [0.25, 0.3) is 0 Å². The SMILES string of the molecule is Cc1ccc(S(=O)(=O)Oc2cccc(N3CCOC(C)c4ccc(Br)cc4C3)c2)cc1. The number of fused-ring (bicyclic) bond motifs is 1. The van der Waals surface area contributed by atoms with Gasteiger partial charge in [-0.2, -0.15) is 8.42 Å². The first-order valence-electron chi connectivity index (χ1n) is 10.1. The number of aryl methyl sites for hydroxylation is 1. The molecule has 1 aliphatic heterocycles. The van der Waals surface area contributed by atoms with Crippen LogP contribution in [0.3, 0.4) is 0 Å². The van der Waals surface area contributed by atoms with E-state index in [1.807, 2.05) is 19.1 Å². The molecule has 5 nitrogen and oxygen atoms in total. The van der Waals surface area contributed by atoms with Crippen LogP contribution in [0, 0.1) is 6.92 Å². The number of anilines is 1. The molecular weight excluding hydrogens is 478 g/mol. The summed E-state index contributed by atoms with van der Waals surface area (Å²) in [5.74, 6) is 0.281. The van der Waals surface area contributed by atoms with E-state index in [-0.39, 0.29) is 16.7 Å². The van der Waals surface area contributed by atoms with Crippen LogP contribution < -0.4 is 9.08 Å². The Hall–Kier alpha value is -2.35. The lowest BCUT2D eigenvalue weighted by Crippen LogP contribution is -2.30. The first-order valence-corrected chi connectivity index (χ1v) is 12.3. The van der Waals surface area contributed by atoms with Crippen molar-refractivity contribution in [2.75, 3.05) is 18.1 Å². The minimum atomic E-state index is -3.90. The van der Waals surface area contributed by atoms with Crippen LogP contribution in [0.1, 0.15) is 29.7 Å². The van der Waals surface area contributed by atoms with Gasteiger partial charge in [-0.15, -0.1) is 0 Å². The lowest BCUT2D eigenvalue weighted by molar-refractivity contribution is 0.0672. The lowest BCUT2D eigenvalue weighted by Gasteiger charge is -2.31. The summed E-state index contributed by atoms with van der Waals surface area (Å²) in [6.07, 6.45) is 0.0274. The number of ether oxygens (including phenoxy) is 1. The molecule has 0 bridgehead atoms. The second-order valence-corrected chi connectivity index (χ2v) is 10.1. The van der Waals surface area contributed by atoms with Crippen LogP contribution in [-0.4, -0.2) is 21.6 Å². The topological polar surface area (TPSA) is 55.8 Å². The average molecular weight is 502 g/mol. The summed E-state index contributed by atoms with van der Waals surface area (Å²) < 4.78 is 37.8. The van der Waals surface area contributed by atoms with E-state index in [0.29, 0.717) is 19.7 Å². The van der Waals surface area contributed by atoms with E-state index in [9.17, 15) is 8.42 Å². The van der Waals surface area contributed by atoms with Gasteiger partial charge in [0.15, 0.2) is 0 Å². The van der Waals surface area contributed by atoms with Crippen LogP contribution in [-0.2, 0) is 21.4 Å². The molecule has 162 valence electrons. The van der Waals surface area contributed by atoms with Gasteiger partial charge in [0, 0.05) is 29.3 Å². The number of benzene rings is 3. The first-order chi connectivity index (χ1) is 14.8. The lowest BCUT2D eigenvalue weighted by atomic mass is 10.0. The molecule has 1 heterocycles. The Morgan fingerprint density at radius 2 is 1.84 bits per heavy atom. The monoisotopic (exact) mass is 501 g/mol. The highest BCUT2D eigenvalue weighted by atomic mass is 79.9. The highest BCUT2D eigenvalue weighted by Gasteiger charge is 2.20. The molecule has 0 amide bonds. The fraction of sp³-hybridized carbons (Fsp3) is 0.250. The molecule has 1 atom stereocenters. The quantitative estimate of drug-likeness (QED) is 0.434. The third-order valence-corrected chi connectivity index (χ3v) is 7.09. The molecule has 3 aromatic carbocycles. The second-order valence-electron chi connectivity index (χ2n) is 7.63. The van der Waals surface area contributed by atoms with E-state index >= 15 is 0 Å². The van der Waals surface area contributed by atoms with E-state index in [1.54, 1.807) is 42.5 Å². The standard InChI is InChI=1S/C24H24BrNO4S/c1-17-6-9-23(10-7-17)31(27,28)30-22-5-3-4-21(15-22)26-12-13-29-18(2)24-11-8-20(25)14-19(24)16-26/h3-11,14-15,18H,12-13,16H2,1-2H3. The molecule has 0 N–H and O–H groups in total. The fourth-order valence-electron chi connectivity index (χ4n) is 3.65. The molecule has 3 aromatic rings. The van der Waals surface area contributed by atoms with E-state index in [4.69, 9.17) is 8.92 Å². The van der Waals surface area contributed by atoms with Gasteiger partial charge in [-0.3, -0.25) is 0 Å². The summed E-state index contributed by atoms with van der Waals surface area (Å²) in [6.45, 7) is 5.92. The Morgan fingerprint density at radius 3 is 2.61 bits per heavy atom. The second kappa shape index (κ2) is 9.02. The number of halogens is 1. The van der Waals surface area contributed by atoms with Gasteiger partial charge < -0.3 is 13.8 Å². The van der Waals surface area contributed by atoms with Crippen molar-refractivity contribution in [3.05, 3.63) is 87.9 Å². The summed E-state index contributed by atoms with van der Waals surface area (Å²) >= 11 is 3.56. The highest BCUT2D eigenvalue weighted by Crippen LogP contribution is 2.31. The van der Waals surface area contributed by atoms with E-state index in [2.05, 4.69) is 39.9 Å². The number of hydrogen-bond acceptors (Lipinski definition) is 5. The Labute approximate surface area is 191 Å². The molecule has 4 rings (SSSR count). The summed E-state index contributed by atoms with van der Waals surface area (Å²) in [7, 11) is -3.90. The van der Waals surface area contributed by atoms with Crippen LogP contribution in [0.5, 0.6) is 5.75 Å². The number of nitrogens with zero attached hydrogens (tertiary/aromatic N) is 1. The molecule has 0 spiro atoms. The highest BCUT2D eigenvalue weighted by molar-refractivity contribution is 9.10. The molecule has 7 heteroatoms. The molecule has 0 radical (unpaired) electrons. The van der Waals surface area contributed by atoms with Gasteiger partial charge in [0.25, 0.3) is 0 Å². The maximum absolute atomic E-state index is 12.7. The zero-order valence-corrected chi connectivity index (χ0v) is 19.8. The number of hydrogen-bond donors (Lipinski definition) is 0. The summed E-state index contributed by atoms with van der Waals surface area (Å²) in [5, 5.41) is 0. The van der Waals surface area contributed by atoms with Crippen LogP contribution >= 0.6 is 15.9 Å². The van der Waals surface area contributed by atoms with Crippen LogP contribution in [0.15, 0.2) is 76.1 Å². The normalized spacial score (nSPS) is 16.9. The zero-order chi connectivity index (χ0) is 22.0. The Balaban J connectivity index is 1.60. The third-order valence-electron chi connectivity index (χ3n) is 5.33. The van der Waals surface area contributed by atoms with Crippen molar-refractivity contribution in [2.24, 2.45) is 0 Å². The predicted molar refractivity (Wildman–Crippen MR) is 125 cm³/mol. The van der Waals surface area contributed by atoms with Crippen LogP contribution in [0.4, 0.5) is 5.69 Å². The zero-order valence-electron chi connectivity index (χ0n) is 17.4. The van der Waals surface area contributed by atoms with Crippen molar-refractivity contribution in [3.8, 4) is 5.75 Å². The molecule has 0 aliphatic carbocycles. The Kier molecular flexibility index (Phi) is 6.36. The van der Waals surface area contributed by atoms with Gasteiger partial charge in [-0.05, 0) is 61.4 Å². The van der Waals surface area contributed by atoms with Crippen LogP contribution in [0.2, 0.25) is 0 Å². The first kappa shape index (κ1) is 21.9.